The van der Waals surface area contributed by atoms with E-state index in [0.717, 1.165) is 5.69 Å². The number of aromatic nitrogens is 1. The highest BCUT2D eigenvalue weighted by molar-refractivity contribution is 5.95. The van der Waals surface area contributed by atoms with Crippen molar-refractivity contribution in [3.63, 3.8) is 0 Å². The van der Waals surface area contributed by atoms with Crippen LogP contribution in [0.5, 0.6) is 0 Å². The molecule has 1 aromatic rings. The van der Waals surface area contributed by atoms with E-state index in [1.807, 2.05) is 13.8 Å². The minimum Gasteiger partial charge on any atom is -0.353 e. The summed E-state index contributed by atoms with van der Waals surface area (Å²) in [5, 5.41) is 6.56. The zero-order chi connectivity index (χ0) is 9.84. The summed E-state index contributed by atoms with van der Waals surface area (Å²) in [5.41, 5.74) is 0.819. The largest absolute Gasteiger partial charge is 0.353 e. The molecule has 72 valence electrons. The zero-order valence-corrected chi connectivity index (χ0v) is 8.13. The molecule has 0 atom stereocenters. The van der Waals surface area contributed by atoms with Crippen molar-refractivity contribution in [2.75, 3.05) is 13.6 Å². The van der Waals surface area contributed by atoms with Crippen LogP contribution < -0.4 is 5.32 Å². The summed E-state index contributed by atoms with van der Waals surface area (Å²) in [4.78, 5) is 11.3. The second-order valence-electron chi connectivity index (χ2n) is 3.22. The highest BCUT2D eigenvalue weighted by atomic mass is 16.5. The minimum absolute atomic E-state index is 0.0677. The smallest absolute Gasteiger partial charge is 0.214 e. The Morgan fingerprint density at radius 2 is 2.38 bits per heavy atom. The van der Waals surface area contributed by atoms with Crippen molar-refractivity contribution in [2.45, 2.75) is 19.8 Å². The maximum Gasteiger partial charge on any atom is 0.214 e. The van der Waals surface area contributed by atoms with E-state index in [9.17, 15) is 4.79 Å². The van der Waals surface area contributed by atoms with E-state index in [4.69, 9.17) is 4.52 Å². The van der Waals surface area contributed by atoms with Gasteiger partial charge in [-0.3, -0.25) is 4.79 Å². The Kier molecular flexibility index (Phi) is 3.19. The van der Waals surface area contributed by atoms with Crippen LogP contribution in [0.4, 0.5) is 0 Å². The summed E-state index contributed by atoms with van der Waals surface area (Å²) >= 11 is 0. The van der Waals surface area contributed by atoms with Crippen LogP contribution in [0.15, 0.2) is 10.6 Å². The third kappa shape index (κ3) is 2.39. The summed E-state index contributed by atoms with van der Waals surface area (Å²) < 4.78 is 4.90. The van der Waals surface area contributed by atoms with E-state index < -0.39 is 0 Å². The summed E-state index contributed by atoms with van der Waals surface area (Å²) in [7, 11) is 1.72. The van der Waals surface area contributed by atoms with Crippen LogP contribution in [-0.4, -0.2) is 24.5 Å². The number of Topliss-reactive ketones (excluding diaryl/α,β-unsaturated/α-hetero) is 1. The molecule has 0 unspecified atom stereocenters. The molecule has 0 aliphatic heterocycles. The van der Waals surface area contributed by atoms with Crippen LogP contribution in [0.25, 0.3) is 0 Å². The molecule has 0 aliphatic rings. The van der Waals surface area contributed by atoms with Crippen molar-refractivity contribution >= 4 is 5.78 Å². The van der Waals surface area contributed by atoms with Crippen LogP contribution in [0.1, 0.15) is 36.0 Å². The van der Waals surface area contributed by atoms with Crippen molar-refractivity contribution < 1.29 is 9.32 Å². The topological polar surface area (TPSA) is 55.1 Å². The van der Waals surface area contributed by atoms with E-state index >= 15 is 0 Å². The summed E-state index contributed by atoms with van der Waals surface area (Å²) in [5.74, 6) is 0.555. The van der Waals surface area contributed by atoms with Gasteiger partial charge in [-0.05, 0) is 13.0 Å². The first kappa shape index (κ1) is 9.92. The summed E-state index contributed by atoms with van der Waals surface area (Å²) in [6, 6.07) is 1.70. The van der Waals surface area contributed by atoms with Gasteiger partial charge in [-0.2, -0.15) is 0 Å². The number of carbonyl (C=O) groups is 1. The number of nitrogens with zero attached hydrogens (tertiary/aromatic N) is 1. The van der Waals surface area contributed by atoms with Crippen molar-refractivity contribution in [3.8, 4) is 0 Å². The normalized spacial score (nSPS) is 10.8. The molecule has 0 aliphatic carbocycles. The lowest BCUT2D eigenvalue weighted by atomic mass is 10.1. The third-order valence-corrected chi connectivity index (χ3v) is 1.73. The Bertz CT molecular complexity index is 292. The Morgan fingerprint density at radius 3 is 2.85 bits per heavy atom. The first-order valence-electron chi connectivity index (χ1n) is 4.29. The number of ketones is 1. The highest BCUT2D eigenvalue weighted by Crippen LogP contribution is 2.13. The fraction of sp³-hybridized carbons (Fsp3) is 0.556. The van der Waals surface area contributed by atoms with Crippen molar-refractivity contribution in [1.82, 2.24) is 10.5 Å². The quantitative estimate of drug-likeness (QED) is 0.711. The van der Waals surface area contributed by atoms with Crippen molar-refractivity contribution in [2.24, 2.45) is 0 Å². The molecule has 1 aromatic heterocycles. The predicted octanol–water partition coefficient (Wildman–Crippen LogP) is 1.20. The fourth-order valence-electron chi connectivity index (χ4n) is 0.940. The standard InChI is InChI=1S/C9H14N2O2/c1-6(2)7-4-9(13-11-7)8(12)5-10-3/h4,6,10H,5H2,1-3H3. The Labute approximate surface area is 77.3 Å². The number of hydrogen-bond donors (Lipinski definition) is 1. The van der Waals surface area contributed by atoms with Crippen molar-refractivity contribution in [1.29, 1.82) is 0 Å². The second-order valence-corrected chi connectivity index (χ2v) is 3.22. The van der Waals surface area contributed by atoms with Gasteiger partial charge in [0.25, 0.3) is 0 Å². The number of carbonyl (C=O) groups excluding carboxylic acids is 1. The minimum atomic E-state index is -0.0677. The number of hydrogen-bond acceptors (Lipinski definition) is 4. The molecular weight excluding hydrogens is 168 g/mol. The van der Waals surface area contributed by atoms with Crippen LogP contribution in [0.2, 0.25) is 0 Å². The monoisotopic (exact) mass is 182 g/mol. The van der Waals surface area contributed by atoms with Crippen molar-refractivity contribution in [3.05, 3.63) is 17.5 Å². The van der Waals surface area contributed by atoms with Gasteiger partial charge in [-0.25, -0.2) is 0 Å². The lowest BCUT2D eigenvalue weighted by Crippen LogP contribution is -2.17. The molecule has 0 bridgehead atoms. The van der Waals surface area contributed by atoms with Crippen LogP contribution in [0, 0.1) is 0 Å². The van der Waals surface area contributed by atoms with Gasteiger partial charge in [0.15, 0.2) is 0 Å². The molecule has 0 spiro atoms. The second kappa shape index (κ2) is 4.18. The zero-order valence-electron chi connectivity index (χ0n) is 8.13. The molecule has 4 nitrogen and oxygen atoms in total. The number of rotatable bonds is 4. The molecular formula is C9H14N2O2. The molecule has 4 heteroatoms. The lowest BCUT2D eigenvalue weighted by molar-refractivity contribution is 0.0958. The molecule has 0 saturated heterocycles. The molecule has 0 saturated carbocycles. The van der Waals surface area contributed by atoms with Gasteiger partial charge < -0.3 is 9.84 Å². The maximum absolute atomic E-state index is 11.3. The van der Waals surface area contributed by atoms with E-state index in [1.54, 1.807) is 13.1 Å². The fourth-order valence-corrected chi connectivity index (χ4v) is 0.940. The molecule has 1 rings (SSSR count). The van der Waals surface area contributed by atoms with Gasteiger partial charge >= 0.3 is 0 Å². The lowest BCUT2D eigenvalue weighted by Gasteiger charge is -1.93. The molecule has 0 amide bonds. The summed E-state index contributed by atoms with van der Waals surface area (Å²) in [6.45, 7) is 4.29. The van der Waals surface area contributed by atoms with Gasteiger partial charge in [0.1, 0.15) is 0 Å². The summed E-state index contributed by atoms with van der Waals surface area (Å²) in [6.07, 6.45) is 0. The molecule has 0 radical (unpaired) electrons. The first-order chi connectivity index (χ1) is 6.15. The average Bonchev–Trinajstić information content (AvgIpc) is 2.52. The van der Waals surface area contributed by atoms with Gasteiger partial charge in [-0.15, -0.1) is 0 Å². The average molecular weight is 182 g/mol. The van der Waals surface area contributed by atoms with Gasteiger partial charge in [0, 0.05) is 6.07 Å². The molecule has 0 fully saturated rings. The van der Waals surface area contributed by atoms with E-state index in [2.05, 4.69) is 10.5 Å². The Hall–Kier alpha value is -1.16. The molecule has 1 heterocycles. The Morgan fingerprint density at radius 1 is 1.69 bits per heavy atom. The van der Waals surface area contributed by atoms with E-state index in [-0.39, 0.29) is 12.3 Å². The predicted molar refractivity (Wildman–Crippen MR) is 48.8 cm³/mol. The van der Waals surface area contributed by atoms with E-state index in [1.165, 1.54) is 0 Å². The number of likely N-dealkylation sites (N-methyl/N-ethyl adjacent to an activating group) is 1. The van der Waals surface area contributed by atoms with Crippen LogP contribution >= 0.6 is 0 Å². The maximum atomic E-state index is 11.3. The van der Waals surface area contributed by atoms with Gasteiger partial charge in [0.05, 0.1) is 12.2 Å². The Balaban J connectivity index is 2.73. The van der Waals surface area contributed by atoms with E-state index in [0.29, 0.717) is 11.7 Å². The molecule has 1 N–H and O–H groups in total. The molecule has 13 heavy (non-hydrogen) atoms. The molecule has 0 aromatic carbocycles. The van der Waals surface area contributed by atoms with Crippen LogP contribution in [-0.2, 0) is 0 Å². The first-order valence-corrected chi connectivity index (χ1v) is 4.29. The van der Waals surface area contributed by atoms with Gasteiger partial charge in [-0.1, -0.05) is 19.0 Å². The SMILES string of the molecule is CNCC(=O)c1cc(C(C)C)no1. The van der Waals surface area contributed by atoms with Crippen LogP contribution in [0.3, 0.4) is 0 Å². The highest BCUT2D eigenvalue weighted by Gasteiger charge is 2.13. The number of nitrogens with one attached hydrogen (secondary N) is 1. The third-order valence-electron chi connectivity index (χ3n) is 1.73. The van der Waals surface area contributed by atoms with Gasteiger partial charge in [0.2, 0.25) is 11.5 Å².